The summed E-state index contributed by atoms with van der Waals surface area (Å²) in [6, 6.07) is 8.56. The molecule has 0 unspecified atom stereocenters. The second-order valence-electron chi connectivity index (χ2n) is 4.78. The molecule has 0 radical (unpaired) electrons. The highest BCUT2D eigenvalue weighted by Gasteiger charge is 2.16. The van der Waals surface area contributed by atoms with Gasteiger partial charge in [-0.3, -0.25) is 4.79 Å². The van der Waals surface area contributed by atoms with Gasteiger partial charge in [0, 0.05) is 6.07 Å². The average molecular weight is 421 g/mol. The minimum Gasteiger partial charge on any atom is -0.307 e. The van der Waals surface area contributed by atoms with Crippen LogP contribution in [0.25, 0.3) is 0 Å². The largest absolute Gasteiger partial charge is 0.307 e. The number of carbonyl (C=O) groups excluding carboxylic acids is 1. The summed E-state index contributed by atoms with van der Waals surface area (Å²) in [4.78, 5) is 12.3. The van der Waals surface area contributed by atoms with E-state index in [-0.39, 0.29) is 5.91 Å². The van der Waals surface area contributed by atoms with Crippen molar-refractivity contribution in [2.75, 3.05) is 5.32 Å². The zero-order valence-electron chi connectivity index (χ0n) is 11.9. The molecular formula is C15H9Cl4N3OS. The van der Waals surface area contributed by atoms with Crippen LogP contribution in [0.15, 0.2) is 36.5 Å². The Morgan fingerprint density at radius 3 is 2.71 bits per heavy atom. The molecule has 2 aromatic heterocycles. The van der Waals surface area contributed by atoms with Crippen molar-refractivity contribution in [3.8, 4) is 0 Å². The summed E-state index contributed by atoms with van der Waals surface area (Å²) in [5, 5.41) is 7.89. The molecular weight excluding hydrogens is 412 g/mol. The predicted molar refractivity (Wildman–Crippen MR) is 100 cm³/mol. The first-order valence-corrected chi connectivity index (χ1v) is 8.99. The molecule has 0 bridgehead atoms. The molecule has 1 aromatic carbocycles. The van der Waals surface area contributed by atoms with Gasteiger partial charge in [0.05, 0.1) is 32.7 Å². The van der Waals surface area contributed by atoms with Gasteiger partial charge in [-0.05, 0) is 17.7 Å². The molecule has 124 valence electrons. The number of anilines is 1. The topological polar surface area (TPSA) is 46.9 Å². The Morgan fingerprint density at radius 1 is 1.21 bits per heavy atom. The summed E-state index contributed by atoms with van der Waals surface area (Å²) in [5.41, 5.74) is 1.11. The van der Waals surface area contributed by atoms with Crippen LogP contribution in [0.4, 0.5) is 5.82 Å². The van der Waals surface area contributed by atoms with Crippen LogP contribution in [-0.4, -0.2) is 15.7 Å². The first-order chi connectivity index (χ1) is 11.5. The lowest BCUT2D eigenvalue weighted by Gasteiger charge is -2.10. The molecule has 0 aliphatic heterocycles. The van der Waals surface area contributed by atoms with E-state index in [1.807, 2.05) is 6.07 Å². The van der Waals surface area contributed by atoms with Gasteiger partial charge >= 0.3 is 0 Å². The fourth-order valence-electron chi connectivity index (χ4n) is 2.08. The summed E-state index contributed by atoms with van der Waals surface area (Å²) in [6.07, 6.45) is 1.58. The maximum Gasteiger partial charge on any atom is 0.259 e. The van der Waals surface area contributed by atoms with Crippen LogP contribution in [0.5, 0.6) is 0 Å². The maximum atomic E-state index is 12.3. The van der Waals surface area contributed by atoms with Crippen molar-refractivity contribution in [1.82, 2.24) is 9.78 Å². The number of halogens is 4. The summed E-state index contributed by atoms with van der Waals surface area (Å²) in [6.45, 7) is 0.361. The van der Waals surface area contributed by atoms with Gasteiger partial charge in [0.25, 0.3) is 5.91 Å². The molecule has 3 rings (SSSR count). The quantitative estimate of drug-likeness (QED) is 0.574. The first kappa shape index (κ1) is 17.6. The number of amides is 1. The third kappa shape index (κ3) is 3.71. The molecule has 0 saturated heterocycles. The summed E-state index contributed by atoms with van der Waals surface area (Å²) < 4.78 is 2.39. The highest BCUT2D eigenvalue weighted by Crippen LogP contribution is 2.32. The second kappa shape index (κ2) is 7.33. The third-order valence-electron chi connectivity index (χ3n) is 3.21. The lowest BCUT2D eigenvalue weighted by atomic mass is 10.2. The van der Waals surface area contributed by atoms with Crippen molar-refractivity contribution < 1.29 is 4.79 Å². The fraction of sp³-hybridized carbons (Fsp3) is 0.0667. The second-order valence-corrected chi connectivity index (χ2v) is 7.85. The number of nitrogens with one attached hydrogen (secondary N) is 1. The monoisotopic (exact) mass is 419 g/mol. The van der Waals surface area contributed by atoms with Crippen LogP contribution in [0.1, 0.15) is 15.9 Å². The molecule has 0 aliphatic rings. The van der Waals surface area contributed by atoms with Gasteiger partial charge in [0.15, 0.2) is 0 Å². The van der Waals surface area contributed by atoms with E-state index in [9.17, 15) is 4.79 Å². The number of hydrogen-bond acceptors (Lipinski definition) is 3. The number of nitrogens with zero attached hydrogens (tertiary/aromatic N) is 2. The van der Waals surface area contributed by atoms with Crippen molar-refractivity contribution in [2.45, 2.75) is 6.54 Å². The molecule has 0 saturated carbocycles. The number of benzene rings is 1. The van der Waals surface area contributed by atoms with E-state index < -0.39 is 0 Å². The Bertz CT molecular complexity index is 906. The zero-order valence-corrected chi connectivity index (χ0v) is 15.7. The molecule has 4 nitrogen and oxygen atoms in total. The molecule has 1 N–H and O–H groups in total. The number of aromatic nitrogens is 2. The Hall–Kier alpha value is -1.24. The summed E-state index contributed by atoms with van der Waals surface area (Å²) in [7, 11) is 0. The summed E-state index contributed by atoms with van der Waals surface area (Å²) in [5.74, 6) is 0.150. The molecule has 0 spiro atoms. The Kier molecular flexibility index (Phi) is 5.37. The van der Waals surface area contributed by atoms with E-state index in [0.29, 0.717) is 36.6 Å². The van der Waals surface area contributed by atoms with Crippen LogP contribution in [0, 0.1) is 0 Å². The molecule has 0 fully saturated rings. The number of thiophene rings is 1. The minimum absolute atomic E-state index is 0.320. The van der Waals surface area contributed by atoms with Gasteiger partial charge in [-0.15, -0.1) is 11.3 Å². The standard InChI is InChI=1S/C15H9Cl4N3OS/c16-10-3-1-2-8(13(10)18)7-22-12(4-5-20-22)21-15(23)9-6-11(17)24-14(9)19/h1-6H,7H2,(H,21,23). The molecule has 1 amide bonds. The van der Waals surface area contributed by atoms with Crippen molar-refractivity contribution >= 4 is 69.5 Å². The minimum atomic E-state index is -0.359. The Morgan fingerprint density at radius 2 is 2.00 bits per heavy atom. The van der Waals surface area contributed by atoms with E-state index in [1.165, 1.54) is 6.07 Å². The van der Waals surface area contributed by atoms with Crippen LogP contribution in [0.2, 0.25) is 18.7 Å². The first-order valence-electron chi connectivity index (χ1n) is 6.66. The third-order valence-corrected chi connectivity index (χ3v) is 5.56. The van der Waals surface area contributed by atoms with Gasteiger partial charge in [0.2, 0.25) is 0 Å². The molecule has 24 heavy (non-hydrogen) atoms. The van der Waals surface area contributed by atoms with Crippen molar-refractivity contribution in [3.63, 3.8) is 0 Å². The van der Waals surface area contributed by atoms with Crippen LogP contribution < -0.4 is 5.32 Å². The average Bonchev–Trinajstić information content (AvgIpc) is 3.10. The van der Waals surface area contributed by atoms with Crippen molar-refractivity contribution in [3.05, 3.63) is 66.4 Å². The normalized spacial score (nSPS) is 10.8. The SMILES string of the molecule is O=C(Nc1ccnn1Cc1cccc(Cl)c1Cl)c1cc(Cl)sc1Cl. The predicted octanol–water partition coefficient (Wildman–Crippen LogP) is 5.86. The van der Waals surface area contributed by atoms with E-state index in [2.05, 4.69) is 10.4 Å². The van der Waals surface area contributed by atoms with Crippen LogP contribution in [-0.2, 0) is 6.54 Å². The lowest BCUT2D eigenvalue weighted by Crippen LogP contribution is -2.16. The van der Waals surface area contributed by atoms with E-state index in [4.69, 9.17) is 46.4 Å². The van der Waals surface area contributed by atoms with Crippen molar-refractivity contribution in [2.24, 2.45) is 0 Å². The number of hydrogen-bond donors (Lipinski definition) is 1. The van der Waals surface area contributed by atoms with E-state index in [1.54, 1.807) is 29.1 Å². The molecule has 2 heterocycles. The zero-order chi connectivity index (χ0) is 17.3. The van der Waals surface area contributed by atoms with Crippen molar-refractivity contribution in [1.29, 1.82) is 0 Å². The molecule has 9 heteroatoms. The highest BCUT2D eigenvalue weighted by atomic mass is 35.5. The Balaban J connectivity index is 1.82. The van der Waals surface area contributed by atoms with Gasteiger partial charge in [-0.2, -0.15) is 5.10 Å². The smallest absolute Gasteiger partial charge is 0.259 e. The molecule has 0 aliphatic carbocycles. The van der Waals surface area contributed by atoms with Gasteiger partial charge < -0.3 is 5.32 Å². The maximum absolute atomic E-state index is 12.3. The number of rotatable bonds is 4. The summed E-state index contributed by atoms with van der Waals surface area (Å²) >= 11 is 25.2. The lowest BCUT2D eigenvalue weighted by molar-refractivity contribution is 0.102. The fourth-order valence-corrected chi connectivity index (χ4v) is 3.91. The van der Waals surface area contributed by atoms with Crippen LogP contribution in [0.3, 0.4) is 0 Å². The van der Waals surface area contributed by atoms with E-state index in [0.717, 1.165) is 16.9 Å². The van der Waals surface area contributed by atoms with Crippen LogP contribution >= 0.6 is 57.7 Å². The van der Waals surface area contributed by atoms with E-state index >= 15 is 0 Å². The number of carbonyl (C=O) groups is 1. The van der Waals surface area contributed by atoms with Gasteiger partial charge in [-0.1, -0.05) is 58.5 Å². The molecule has 0 atom stereocenters. The highest BCUT2D eigenvalue weighted by molar-refractivity contribution is 7.20. The molecule has 3 aromatic rings. The van der Waals surface area contributed by atoms with Gasteiger partial charge in [0.1, 0.15) is 10.2 Å². The Labute approximate surface area is 161 Å². The van der Waals surface area contributed by atoms with Gasteiger partial charge in [-0.25, -0.2) is 4.68 Å².